The van der Waals surface area contributed by atoms with Gasteiger partial charge in [-0.25, -0.2) is 5.01 Å². The van der Waals surface area contributed by atoms with E-state index in [4.69, 9.17) is 0 Å². The summed E-state index contributed by atoms with van der Waals surface area (Å²) in [5, 5.41) is 9.02. The minimum atomic E-state index is 0.854. The van der Waals surface area contributed by atoms with Gasteiger partial charge in [0.15, 0.2) is 0 Å². The Balaban J connectivity index is 1.68. The number of benzene rings is 1. The van der Waals surface area contributed by atoms with E-state index in [-0.39, 0.29) is 0 Å². The van der Waals surface area contributed by atoms with Crippen molar-refractivity contribution in [2.45, 2.75) is 13.0 Å². The predicted octanol–water partition coefficient (Wildman–Crippen LogP) is 1.94. The Hall–Kier alpha value is -2.07. The molecule has 0 saturated carbocycles. The van der Waals surface area contributed by atoms with Crippen molar-refractivity contribution in [3.8, 4) is 0 Å². The Morgan fingerprint density at radius 3 is 2.89 bits per heavy atom. The molecule has 1 aliphatic rings. The molecule has 18 heavy (non-hydrogen) atoms. The van der Waals surface area contributed by atoms with E-state index in [0.29, 0.717) is 0 Å². The lowest BCUT2D eigenvalue weighted by molar-refractivity contribution is 0.209. The zero-order valence-corrected chi connectivity index (χ0v) is 10.2. The normalized spacial score (nSPS) is 15.1. The zero-order valence-electron chi connectivity index (χ0n) is 10.2. The monoisotopic (exact) mass is 240 g/mol. The van der Waals surface area contributed by atoms with Gasteiger partial charge in [-0.05, 0) is 23.6 Å². The Labute approximate surface area is 106 Å². The molecule has 2 heterocycles. The molecule has 0 radical (unpaired) electrons. The van der Waals surface area contributed by atoms with Gasteiger partial charge in [0.05, 0.1) is 11.4 Å². The fourth-order valence-electron chi connectivity index (χ4n) is 2.27. The SMILES string of the molecule is C=C(NN1CCc2ccccc2C1)c1ccn[nH]1. The summed E-state index contributed by atoms with van der Waals surface area (Å²) in [5.41, 5.74) is 7.94. The number of fused-ring (bicyclic) bond motifs is 1. The second kappa shape index (κ2) is 4.66. The van der Waals surface area contributed by atoms with E-state index in [1.807, 2.05) is 6.07 Å². The average Bonchev–Trinajstić information content (AvgIpc) is 2.92. The van der Waals surface area contributed by atoms with Crippen LogP contribution in [-0.4, -0.2) is 21.8 Å². The molecule has 0 spiro atoms. The van der Waals surface area contributed by atoms with Crippen molar-refractivity contribution in [1.82, 2.24) is 20.6 Å². The molecule has 1 aromatic heterocycles. The molecule has 0 amide bonds. The summed E-state index contributed by atoms with van der Waals surface area (Å²) in [5.74, 6) is 0. The van der Waals surface area contributed by atoms with Crippen LogP contribution in [0, 0.1) is 0 Å². The van der Waals surface area contributed by atoms with Gasteiger partial charge in [0.2, 0.25) is 0 Å². The molecule has 0 unspecified atom stereocenters. The fourth-order valence-corrected chi connectivity index (χ4v) is 2.27. The summed E-state index contributed by atoms with van der Waals surface area (Å²) < 4.78 is 0. The largest absolute Gasteiger partial charge is 0.317 e. The van der Waals surface area contributed by atoms with Crippen molar-refractivity contribution >= 4 is 5.70 Å². The maximum atomic E-state index is 4.02. The number of hydrogen-bond acceptors (Lipinski definition) is 3. The topological polar surface area (TPSA) is 44.0 Å². The van der Waals surface area contributed by atoms with Gasteiger partial charge in [0.1, 0.15) is 0 Å². The van der Waals surface area contributed by atoms with Crippen molar-refractivity contribution in [2.75, 3.05) is 6.54 Å². The van der Waals surface area contributed by atoms with Crippen molar-refractivity contribution < 1.29 is 0 Å². The number of H-pyrrole nitrogens is 1. The molecule has 2 N–H and O–H groups in total. The van der Waals surface area contributed by atoms with E-state index in [0.717, 1.165) is 30.9 Å². The van der Waals surface area contributed by atoms with Crippen LogP contribution in [0.15, 0.2) is 43.1 Å². The Morgan fingerprint density at radius 2 is 2.11 bits per heavy atom. The summed E-state index contributed by atoms with van der Waals surface area (Å²) in [4.78, 5) is 0. The standard InChI is InChI=1S/C14H16N4/c1-11(14-6-8-15-16-14)17-18-9-7-12-4-2-3-5-13(12)10-18/h2-6,8,17H,1,7,9-10H2,(H,15,16). The van der Waals surface area contributed by atoms with Crippen molar-refractivity contribution in [2.24, 2.45) is 0 Å². The van der Waals surface area contributed by atoms with Crippen LogP contribution >= 0.6 is 0 Å². The van der Waals surface area contributed by atoms with Gasteiger partial charge in [-0.15, -0.1) is 0 Å². The van der Waals surface area contributed by atoms with Crippen LogP contribution in [0.3, 0.4) is 0 Å². The number of rotatable bonds is 3. The molecule has 0 saturated heterocycles. The molecule has 4 nitrogen and oxygen atoms in total. The summed E-state index contributed by atoms with van der Waals surface area (Å²) in [7, 11) is 0. The van der Waals surface area contributed by atoms with Gasteiger partial charge in [0, 0.05) is 19.3 Å². The second-order valence-corrected chi connectivity index (χ2v) is 4.50. The number of nitrogens with zero attached hydrogens (tertiary/aromatic N) is 2. The molecular weight excluding hydrogens is 224 g/mol. The lowest BCUT2D eigenvalue weighted by Crippen LogP contribution is -2.40. The van der Waals surface area contributed by atoms with E-state index in [1.54, 1.807) is 6.20 Å². The van der Waals surface area contributed by atoms with E-state index in [2.05, 4.69) is 51.5 Å². The Morgan fingerprint density at radius 1 is 1.28 bits per heavy atom. The number of aromatic amines is 1. The van der Waals surface area contributed by atoms with Crippen LogP contribution in [0.5, 0.6) is 0 Å². The minimum Gasteiger partial charge on any atom is -0.317 e. The van der Waals surface area contributed by atoms with E-state index < -0.39 is 0 Å². The molecule has 4 heteroatoms. The van der Waals surface area contributed by atoms with Crippen LogP contribution in [-0.2, 0) is 13.0 Å². The predicted molar refractivity (Wildman–Crippen MR) is 71.3 cm³/mol. The molecule has 92 valence electrons. The molecule has 0 aliphatic carbocycles. The van der Waals surface area contributed by atoms with Crippen LogP contribution < -0.4 is 5.43 Å². The molecule has 0 fully saturated rings. The van der Waals surface area contributed by atoms with Crippen LogP contribution in [0.1, 0.15) is 16.8 Å². The number of aromatic nitrogens is 2. The first-order valence-corrected chi connectivity index (χ1v) is 6.10. The first-order valence-electron chi connectivity index (χ1n) is 6.10. The summed E-state index contributed by atoms with van der Waals surface area (Å²) in [6.45, 7) is 5.92. The van der Waals surface area contributed by atoms with Gasteiger partial charge in [0.25, 0.3) is 0 Å². The molecule has 1 aliphatic heterocycles. The van der Waals surface area contributed by atoms with Crippen LogP contribution in [0.2, 0.25) is 0 Å². The molecule has 1 aromatic carbocycles. The first-order chi connectivity index (χ1) is 8.83. The summed E-state index contributed by atoms with van der Waals surface area (Å²) >= 11 is 0. The number of hydrazine groups is 1. The van der Waals surface area contributed by atoms with E-state index >= 15 is 0 Å². The lowest BCUT2D eigenvalue weighted by Gasteiger charge is -2.30. The van der Waals surface area contributed by atoms with Crippen LogP contribution in [0.4, 0.5) is 0 Å². The summed E-state index contributed by atoms with van der Waals surface area (Å²) in [6, 6.07) is 10.5. The first kappa shape index (κ1) is 11.0. The maximum Gasteiger partial charge on any atom is 0.0816 e. The van der Waals surface area contributed by atoms with Crippen molar-refractivity contribution in [3.05, 3.63) is 59.9 Å². The second-order valence-electron chi connectivity index (χ2n) is 4.50. The van der Waals surface area contributed by atoms with Gasteiger partial charge >= 0.3 is 0 Å². The highest BCUT2D eigenvalue weighted by Gasteiger charge is 2.16. The lowest BCUT2D eigenvalue weighted by atomic mass is 10.0. The highest BCUT2D eigenvalue weighted by atomic mass is 15.5. The maximum absolute atomic E-state index is 4.02. The van der Waals surface area contributed by atoms with E-state index in [1.165, 1.54) is 11.1 Å². The van der Waals surface area contributed by atoms with E-state index in [9.17, 15) is 0 Å². The minimum absolute atomic E-state index is 0.854. The Kier molecular flexibility index (Phi) is 2.86. The highest BCUT2D eigenvalue weighted by Crippen LogP contribution is 2.18. The number of hydrogen-bond donors (Lipinski definition) is 2. The third kappa shape index (κ3) is 2.15. The number of nitrogens with one attached hydrogen (secondary N) is 2. The third-order valence-electron chi connectivity index (χ3n) is 3.25. The summed E-state index contributed by atoms with van der Waals surface area (Å²) in [6.07, 6.45) is 2.80. The van der Waals surface area contributed by atoms with Gasteiger partial charge in [-0.2, -0.15) is 5.10 Å². The molecule has 0 bridgehead atoms. The van der Waals surface area contributed by atoms with Crippen LogP contribution in [0.25, 0.3) is 5.70 Å². The highest BCUT2D eigenvalue weighted by molar-refractivity contribution is 5.57. The van der Waals surface area contributed by atoms with Gasteiger partial charge in [-0.1, -0.05) is 30.8 Å². The average molecular weight is 240 g/mol. The zero-order chi connectivity index (χ0) is 12.4. The smallest absolute Gasteiger partial charge is 0.0816 e. The van der Waals surface area contributed by atoms with Gasteiger partial charge < -0.3 is 5.43 Å². The van der Waals surface area contributed by atoms with Gasteiger partial charge in [-0.3, -0.25) is 5.10 Å². The third-order valence-corrected chi connectivity index (χ3v) is 3.25. The quantitative estimate of drug-likeness (QED) is 0.861. The molecular formula is C14H16N4. The van der Waals surface area contributed by atoms with Crippen molar-refractivity contribution in [1.29, 1.82) is 0 Å². The molecule has 0 atom stereocenters. The molecule has 3 rings (SSSR count). The van der Waals surface area contributed by atoms with Crippen molar-refractivity contribution in [3.63, 3.8) is 0 Å². The fraction of sp³-hybridized carbons (Fsp3) is 0.214. The Bertz CT molecular complexity index is 545. The molecule has 2 aromatic rings.